The summed E-state index contributed by atoms with van der Waals surface area (Å²) < 4.78 is 31.6. The molecule has 0 atom stereocenters. The van der Waals surface area contributed by atoms with E-state index in [1.807, 2.05) is 25.7 Å². The summed E-state index contributed by atoms with van der Waals surface area (Å²) in [5.74, 6) is 0. The molecule has 0 spiro atoms. The van der Waals surface area contributed by atoms with Crippen molar-refractivity contribution in [2.24, 2.45) is 0 Å². The summed E-state index contributed by atoms with van der Waals surface area (Å²) in [7, 11) is -4.16. The largest absolute Gasteiger partial charge is 0.371 e. The van der Waals surface area contributed by atoms with Crippen molar-refractivity contribution in [1.82, 2.24) is 0 Å². The Morgan fingerprint density at radius 2 is 1.81 bits per heavy atom. The lowest BCUT2D eigenvalue weighted by Crippen LogP contribution is -2.24. The van der Waals surface area contributed by atoms with Crippen molar-refractivity contribution in [1.29, 1.82) is 0 Å². The minimum atomic E-state index is -4.16. The third kappa shape index (κ3) is 2.74. The lowest BCUT2D eigenvalue weighted by atomic mass is 10.2. The highest BCUT2D eigenvalue weighted by atomic mass is 32.2. The summed E-state index contributed by atoms with van der Waals surface area (Å²) in [6, 6.07) is 4.89. The van der Waals surface area contributed by atoms with E-state index in [0.29, 0.717) is 18.8 Å². The second kappa shape index (κ2) is 4.84. The van der Waals surface area contributed by atoms with Gasteiger partial charge >= 0.3 is 0 Å². The topological polar surface area (TPSA) is 57.6 Å². The fourth-order valence-corrected chi connectivity index (χ4v) is 2.35. The molecule has 4 nitrogen and oxygen atoms in total. The number of aryl methyl sites for hydroxylation is 1. The van der Waals surface area contributed by atoms with E-state index < -0.39 is 10.1 Å². The molecule has 0 aliphatic heterocycles. The smallest absolute Gasteiger partial charge is 0.296 e. The van der Waals surface area contributed by atoms with E-state index in [0.717, 1.165) is 5.56 Å². The first-order chi connectivity index (χ1) is 7.40. The van der Waals surface area contributed by atoms with E-state index in [2.05, 4.69) is 0 Å². The van der Waals surface area contributed by atoms with E-state index >= 15 is 0 Å². The fourth-order valence-electron chi connectivity index (χ4n) is 1.66. The molecule has 1 rings (SSSR count). The molecule has 0 saturated heterocycles. The van der Waals surface area contributed by atoms with Crippen molar-refractivity contribution < 1.29 is 13.0 Å². The van der Waals surface area contributed by atoms with E-state index in [1.54, 1.807) is 12.1 Å². The lowest BCUT2D eigenvalue weighted by Gasteiger charge is -2.23. The number of rotatable bonds is 4. The fraction of sp³-hybridized carbons (Fsp3) is 0.455. The van der Waals surface area contributed by atoms with Crippen LogP contribution in [0.25, 0.3) is 0 Å². The second-order valence-electron chi connectivity index (χ2n) is 3.62. The zero-order valence-corrected chi connectivity index (χ0v) is 10.6. The zero-order valence-electron chi connectivity index (χ0n) is 9.77. The Hall–Kier alpha value is -1.07. The van der Waals surface area contributed by atoms with E-state index in [-0.39, 0.29) is 4.90 Å². The third-order valence-corrected chi connectivity index (χ3v) is 3.40. The molecule has 5 heteroatoms. The number of hydrogen-bond acceptors (Lipinski definition) is 3. The Balaban J connectivity index is 3.40. The van der Waals surface area contributed by atoms with Gasteiger partial charge in [-0.25, -0.2) is 0 Å². The Labute approximate surface area is 96.6 Å². The van der Waals surface area contributed by atoms with Crippen molar-refractivity contribution in [3.8, 4) is 0 Å². The van der Waals surface area contributed by atoms with Crippen LogP contribution >= 0.6 is 0 Å². The van der Waals surface area contributed by atoms with Gasteiger partial charge in [-0.3, -0.25) is 4.55 Å². The average molecular weight is 243 g/mol. The summed E-state index contributed by atoms with van der Waals surface area (Å²) in [5.41, 5.74) is 1.53. The van der Waals surface area contributed by atoms with Crippen LogP contribution in [0.4, 0.5) is 5.69 Å². The minimum absolute atomic E-state index is 0.0261. The van der Waals surface area contributed by atoms with Crippen LogP contribution in [0.2, 0.25) is 0 Å². The Morgan fingerprint density at radius 3 is 2.25 bits per heavy atom. The molecule has 0 saturated carbocycles. The molecule has 0 bridgehead atoms. The van der Waals surface area contributed by atoms with Crippen LogP contribution in [0.3, 0.4) is 0 Å². The lowest BCUT2D eigenvalue weighted by molar-refractivity contribution is 0.483. The molecule has 0 fully saturated rings. The molecule has 1 N–H and O–H groups in total. The maximum absolute atomic E-state index is 11.2. The highest BCUT2D eigenvalue weighted by Gasteiger charge is 2.18. The number of nitrogens with zero attached hydrogens (tertiary/aromatic N) is 1. The van der Waals surface area contributed by atoms with Crippen LogP contribution < -0.4 is 4.90 Å². The number of hydrogen-bond donors (Lipinski definition) is 1. The van der Waals surface area contributed by atoms with E-state index in [4.69, 9.17) is 4.55 Å². The highest BCUT2D eigenvalue weighted by Crippen LogP contribution is 2.26. The molecular weight excluding hydrogens is 226 g/mol. The molecule has 0 aliphatic rings. The summed E-state index contributed by atoms with van der Waals surface area (Å²) >= 11 is 0. The van der Waals surface area contributed by atoms with Gasteiger partial charge in [0.2, 0.25) is 0 Å². The first-order valence-corrected chi connectivity index (χ1v) is 6.67. The quantitative estimate of drug-likeness (QED) is 0.823. The van der Waals surface area contributed by atoms with Gasteiger partial charge in [0.05, 0.1) is 5.69 Å². The molecule has 1 aromatic rings. The van der Waals surface area contributed by atoms with Crippen molar-refractivity contribution in [3.63, 3.8) is 0 Å². The maximum atomic E-state index is 11.2. The van der Waals surface area contributed by atoms with Gasteiger partial charge in [0, 0.05) is 13.1 Å². The Morgan fingerprint density at radius 1 is 1.25 bits per heavy atom. The average Bonchev–Trinajstić information content (AvgIpc) is 2.17. The summed E-state index contributed by atoms with van der Waals surface area (Å²) in [6.07, 6.45) is 0. The summed E-state index contributed by atoms with van der Waals surface area (Å²) in [6.45, 7) is 7.17. The first kappa shape index (κ1) is 13.0. The van der Waals surface area contributed by atoms with Gasteiger partial charge in [0.15, 0.2) is 0 Å². The molecule has 0 amide bonds. The molecular formula is C11H17NO3S. The minimum Gasteiger partial charge on any atom is -0.371 e. The standard InChI is InChI=1S/C11H17NO3S/c1-4-12(5-2)10-8-9(3)6-7-11(10)16(13,14)15/h6-8H,4-5H2,1-3H3,(H,13,14,15). The van der Waals surface area contributed by atoms with Crippen LogP contribution in [-0.4, -0.2) is 26.1 Å². The van der Waals surface area contributed by atoms with Crippen molar-refractivity contribution in [3.05, 3.63) is 23.8 Å². The number of anilines is 1. The van der Waals surface area contributed by atoms with Gasteiger partial charge in [-0.15, -0.1) is 0 Å². The van der Waals surface area contributed by atoms with Crippen LogP contribution in [0, 0.1) is 6.92 Å². The van der Waals surface area contributed by atoms with Gasteiger partial charge in [-0.05, 0) is 38.5 Å². The van der Waals surface area contributed by atoms with Gasteiger partial charge in [0.1, 0.15) is 4.90 Å². The van der Waals surface area contributed by atoms with E-state index in [1.165, 1.54) is 6.07 Å². The van der Waals surface area contributed by atoms with E-state index in [9.17, 15) is 8.42 Å². The SMILES string of the molecule is CCN(CC)c1cc(C)ccc1S(=O)(=O)O. The maximum Gasteiger partial charge on any atom is 0.296 e. The van der Waals surface area contributed by atoms with Gasteiger partial charge in [-0.2, -0.15) is 8.42 Å². The summed E-state index contributed by atoms with van der Waals surface area (Å²) in [5, 5.41) is 0. The Bertz CT molecular complexity index is 464. The van der Waals surface area contributed by atoms with Gasteiger partial charge in [-0.1, -0.05) is 6.07 Å². The van der Waals surface area contributed by atoms with Crippen molar-refractivity contribution in [2.75, 3.05) is 18.0 Å². The van der Waals surface area contributed by atoms with Crippen LogP contribution in [0.1, 0.15) is 19.4 Å². The molecule has 0 aromatic heterocycles. The third-order valence-electron chi connectivity index (χ3n) is 2.50. The van der Waals surface area contributed by atoms with Crippen LogP contribution in [0.5, 0.6) is 0 Å². The predicted octanol–water partition coefficient (Wildman–Crippen LogP) is 2.09. The van der Waals surface area contributed by atoms with Gasteiger partial charge in [0.25, 0.3) is 10.1 Å². The van der Waals surface area contributed by atoms with Crippen molar-refractivity contribution >= 4 is 15.8 Å². The molecule has 0 radical (unpaired) electrons. The zero-order chi connectivity index (χ0) is 12.3. The molecule has 0 heterocycles. The molecule has 90 valence electrons. The molecule has 16 heavy (non-hydrogen) atoms. The monoisotopic (exact) mass is 243 g/mol. The molecule has 0 aliphatic carbocycles. The van der Waals surface area contributed by atoms with Crippen LogP contribution in [0.15, 0.2) is 23.1 Å². The molecule has 0 unspecified atom stereocenters. The predicted molar refractivity (Wildman–Crippen MR) is 64.6 cm³/mol. The van der Waals surface area contributed by atoms with Gasteiger partial charge < -0.3 is 4.90 Å². The Kier molecular flexibility index (Phi) is 3.93. The second-order valence-corrected chi connectivity index (χ2v) is 5.01. The number of benzene rings is 1. The normalized spacial score (nSPS) is 11.5. The van der Waals surface area contributed by atoms with Crippen molar-refractivity contribution in [2.45, 2.75) is 25.7 Å². The molecule has 1 aromatic carbocycles. The highest BCUT2D eigenvalue weighted by molar-refractivity contribution is 7.86. The van der Waals surface area contributed by atoms with Crippen LogP contribution in [-0.2, 0) is 10.1 Å². The first-order valence-electron chi connectivity index (χ1n) is 5.23. The summed E-state index contributed by atoms with van der Waals surface area (Å²) in [4.78, 5) is 1.87.